The predicted octanol–water partition coefficient (Wildman–Crippen LogP) is 3.67. The van der Waals surface area contributed by atoms with Gasteiger partial charge in [-0.1, -0.05) is 18.2 Å². The van der Waals surface area contributed by atoms with Crippen molar-refractivity contribution in [2.45, 2.75) is 13.0 Å². The van der Waals surface area contributed by atoms with Crippen LogP contribution in [0.1, 0.15) is 11.1 Å². The zero-order chi connectivity index (χ0) is 17.4. The van der Waals surface area contributed by atoms with E-state index in [9.17, 15) is 0 Å². The van der Waals surface area contributed by atoms with Crippen molar-refractivity contribution >= 4 is 33.3 Å². The van der Waals surface area contributed by atoms with Gasteiger partial charge in [0.15, 0.2) is 5.11 Å². The molecular weight excluding hydrogens is 388 g/mol. The molecule has 0 aliphatic rings. The molecule has 0 aromatic heterocycles. The average Bonchev–Trinajstić information content (AvgIpc) is 2.60. The molecule has 0 fully saturated rings. The van der Waals surface area contributed by atoms with Gasteiger partial charge in [-0.05, 0) is 70.0 Å². The second kappa shape index (κ2) is 9.49. The van der Waals surface area contributed by atoms with Gasteiger partial charge in [-0.15, -0.1) is 0 Å². The molecule has 0 aliphatic heterocycles. The molecule has 4 nitrogen and oxygen atoms in total. The number of nitrogens with one attached hydrogen (secondary N) is 2. The van der Waals surface area contributed by atoms with Crippen LogP contribution in [0.25, 0.3) is 0 Å². The zero-order valence-corrected chi connectivity index (χ0v) is 16.2. The zero-order valence-electron chi connectivity index (χ0n) is 13.8. The van der Waals surface area contributed by atoms with Crippen molar-refractivity contribution in [3.05, 3.63) is 58.1 Å². The number of benzene rings is 2. The first-order valence-corrected chi connectivity index (χ1v) is 8.79. The van der Waals surface area contributed by atoms with Crippen molar-refractivity contribution in [3.63, 3.8) is 0 Å². The van der Waals surface area contributed by atoms with E-state index in [4.69, 9.17) is 21.7 Å². The summed E-state index contributed by atoms with van der Waals surface area (Å²) in [7, 11) is 3.32. The predicted molar refractivity (Wildman–Crippen MR) is 105 cm³/mol. The van der Waals surface area contributed by atoms with E-state index in [0.29, 0.717) is 11.7 Å². The molecule has 0 aliphatic carbocycles. The van der Waals surface area contributed by atoms with E-state index in [0.717, 1.165) is 34.5 Å². The van der Waals surface area contributed by atoms with Gasteiger partial charge in [0.1, 0.15) is 11.5 Å². The topological polar surface area (TPSA) is 42.5 Å². The molecule has 6 heteroatoms. The van der Waals surface area contributed by atoms with Gasteiger partial charge in [-0.2, -0.15) is 0 Å². The van der Waals surface area contributed by atoms with E-state index in [1.807, 2.05) is 30.3 Å². The minimum absolute atomic E-state index is 0.651. The fraction of sp³-hybridized carbons (Fsp3) is 0.278. The second-order valence-corrected chi connectivity index (χ2v) is 6.44. The van der Waals surface area contributed by atoms with Gasteiger partial charge in [0.2, 0.25) is 0 Å². The summed E-state index contributed by atoms with van der Waals surface area (Å²) in [4.78, 5) is 0. The first-order valence-electron chi connectivity index (χ1n) is 7.59. The largest absolute Gasteiger partial charge is 0.497 e. The first-order chi connectivity index (χ1) is 11.6. The van der Waals surface area contributed by atoms with Crippen LogP contribution in [0.15, 0.2) is 46.9 Å². The number of ether oxygens (including phenoxy) is 2. The Bertz CT molecular complexity index is 677. The van der Waals surface area contributed by atoms with Crippen LogP contribution in [-0.4, -0.2) is 25.9 Å². The van der Waals surface area contributed by atoms with Crippen LogP contribution in [0.5, 0.6) is 11.5 Å². The summed E-state index contributed by atoms with van der Waals surface area (Å²) in [5.74, 6) is 1.69. The van der Waals surface area contributed by atoms with Crippen molar-refractivity contribution in [1.82, 2.24) is 10.6 Å². The van der Waals surface area contributed by atoms with Crippen molar-refractivity contribution in [3.8, 4) is 11.5 Å². The number of hydrogen-bond acceptors (Lipinski definition) is 3. The van der Waals surface area contributed by atoms with Gasteiger partial charge < -0.3 is 20.1 Å². The Kier molecular flexibility index (Phi) is 7.34. The second-order valence-electron chi connectivity index (χ2n) is 5.18. The van der Waals surface area contributed by atoms with Crippen molar-refractivity contribution in [2.24, 2.45) is 0 Å². The van der Waals surface area contributed by atoms with Crippen LogP contribution >= 0.6 is 28.1 Å². The molecule has 0 saturated heterocycles. The molecule has 0 spiro atoms. The van der Waals surface area contributed by atoms with E-state index in [-0.39, 0.29) is 0 Å². The number of rotatable bonds is 7. The Morgan fingerprint density at radius 1 is 1.00 bits per heavy atom. The Morgan fingerprint density at radius 2 is 1.71 bits per heavy atom. The highest BCUT2D eigenvalue weighted by Crippen LogP contribution is 2.25. The summed E-state index contributed by atoms with van der Waals surface area (Å²) in [5.41, 5.74) is 2.37. The van der Waals surface area contributed by atoms with Crippen LogP contribution < -0.4 is 20.1 Å². The molecule has 0 unspecified atom stereocenters. The van der Waals surface area contributed by atoms with E-state index in [1.165, 1.54) is 5.56 Å². The van der Waals surface area contributed by atoms with Gasteiger partial charge in [0, 0.05) is 13.1 Å². The van der Waals surface area contributed by atoms with E-state index in [1.54, 1.807) is 14.2 Å². The molecule has 2 aromatic carbocycles. The minimum atomic E-state index is 0.651. The van der Waals surface area contributed by atoms with Crippen LogP contribution in [0.3, 0.4) is 0 Å². The number of halogens is 1. The molecule has 0 saturated carbocycles. The summed E-state index contributed by atoms with van der Waals surface area (Å²) in [6.45, 7) is 1.46. The minimum Gasteiger partial charge on any atom is -0.497 e. The number of methoxy groups -OCH3 is 2. The SMILES string of the molecule is COc1ccc(CNC(=S)NCCc2ccc(OC)c(Br)c2)cc1. The third kappa shape index (κ3) is 5.69. The van der Waals surface area contributed by atoms with Crippen LogP contribution in [0.4, 0.5) is 0 Å². The maximum atomic E-state index is 5.31. The first kappa shape index (κ1) is 18.5. The molecule has 24 heavy (non-hydrogen) atoms. The Hall–Kier alpha value is -1.79. The van der Waals surface area contributed by atoms with Gasteiger partial charge in [-0.3, -0.25) is 0 Å². The summed E-state index contributed by atoms with van der Waals surface area (Å²) in [6, 6.07) is 14.0. The molecule has 2 rings (SSSR count). The summed E-state index contributed by atoms with van der Waals surface area (Å²) >= 11 is 8.80. The van der Waals surface area contributed by atoms with Crippen molar-refractivity contribution in [2.75, 3.05) is 20.8 Å². The third-order valence-corrected chi connectivity index (χ3v) is 4.44. The maximum absolute atomic E-state index is 5.31. The molecule has 0 atom stereocenters. The van der Waals surface area contributed by atoms with Crippen LogP contribution in [-0.2, 0) is 13.0 Å². The van der Waals surface area contributed by atoms with Crippen molar-refractivity contribution < 1.29 is 9.47 Å². The highest BCUT2D eigenvalue weighted by atomic mass is 79.9. The van der Waals surface area contributed by atoms with Crippen LogP contribution in [0.2, 0.25) is 0 Å². The fourth-order valence-electron chi connectivity index (χ4n) is 2.17. The average molecular weight is 409 g/mol. The van der Waals surface area contributed by atoms with Gasteiger partial charge in [-0.25, -0.2) is 0 Å². The van der Waals surface area contributed by atoms with E-state index in [2.05, 4.69) is 38.7 Å². The molecule has 128 valence electrons. The van der Waals surface area contributed by atoms with Gasteiger partial charge in [0.05, 0.1) is 18.7 Å². The number of hydrogen-bond donors (Lipinski definition) is 2. The summed E-state index contributed by atoms with van der Waals surface area (Å²) < 4.78 is 11.3. The smallest absolute Gasteiger partial charge is 0.166 e. The quantitative estimate of drug-likeness (QED) is 0.684. The monoisotopic (exact) mass is 408 g/mol. The highest BCUT2D eigenvalue weighted by molar-refractivity contribution is 9.10. The van der Waals surface area contributed by atoms with E-state index < -0.39 is 0 Å². The Morgan fingerprint density at radius 3 is 2.33 bits per heavy atom. The Labute approximate surface area is 156 Å². The lowest BCUT2D eigenvalue weighted by molar-refractivity contribution is 0.412. The Balaban J connectivity index is 1.72. The van der Waals surface area contributed by atoms with Gasteiger partial charge >= 0.3 is 0 Å². The maximum Gasteiger partial charge on any atom is 0.166 e. The lowest BCUT2D eigenvalue weighted by atomic mass is 10.1. The van der Waals surface area contributed by atoms with Crippen LogP contribution in [0, 0.1) is 0 Å². The molecule has 2 aromatic rings. The highest BCUT2D eigenvalue weighted by Gasteiger charge is 2.02. The standard InChI is InChI=1S/C18H21BrN2O2S/c1-22-15-6-3-14(4-7-15)12-21-18(24)20-10-9-13-5-8-17(23-2)16(19)11-13/h3-8,11H,9-10,12H2,1-2H3,(H2,20,21,24). The lowest BCUT2D eigenvalue weighted by Crippen LogP contribution is -2.35. The van der Waals surface area contributed by atoms with E-state index >= 15 is 0 Å². The van der Waals surface area contributed by atoms with Gasteiger partial charge in [0.25, 0.3) is 0 Å². The molecule has 0 heterocycles. The summed E-state index contributed by atoms with van der Waals surface area (Å²) in [5, 5.41) is 7.07. The molecule has 0 radical (unpaired) electrons. The van der Waals surface area contributed by atoms with Crippen molar-refractivity contribution in [1.29, 1.82) is 0 Å². The third-order valence-electron chi connectivity index (χ3n) is 3.53. The molecular formula is C18H21BrN2O2S. The molecule has 0 amide bonds. The molecule has 2 N–H and O–H groups in total. The summed E-state index contributed by atoms with van der Waals surface area (Å²) in [6.07, 6.45) is 0.882. The number of thiocarbonyl (C=S) groups is 1. The molecule has 0 bridgehead atoms. The fourth-order valence-corrected chi connectivity index (χ4v) is 2.94. The normalized spacial score (nSPS) is 10.1. The lowest BCUT2D eigenvalue weighted by Gasteiger charge is -2.11.